The van der Waals surface area contributed by atoms with Crippen molar-refractivity contribution in [1.82, 2.24) is 15.4 Å². The molecule has 4 rings (SSSR count). The Morgan fingerprint density at radius 2 is 1.27 bits per heavy atom. The minimum absolute atomic E-state index is 0.161. The minimum atomic E-state index is -0.700. The molecule has 0 aliphatic carbocycles. The Labute approximate surface area is 176 Å². The second-order valence-corrected chi connectivity index (χ2v) is 7.71. The maximum absolute atomic E-state index is 12.4. The number of hydrogen-bond donors (Lipinski definition) is 1. The molecular formula is C22H27N5O3. The quantitative estimate of drug-likeness (QED) is 0.777. The van der Waals surface area contributed by atoms with E-state index >= 15 is 0 Å². The summed E-state index contributed by atoms with van der Waals surface area (Å²) in [7, 11) is 0. The third-order valence-electron chi connectivity index (χ3n) is 5.61. The molecule has 2 aromatic rings. The molecule has 2 aromatic heterocycles. The van der Waals surface area contributed by atoms with Crippen molar-refractivity contribution in [2.24, 2.45) is 0 Å². The van der Waals surface area contributed by atoms with Crippen molar-refractivity contribution < 1.29 is 14.4 Å². The van der Waals surface area contributed by atoms with Gasteiger partial charge in [-0.25, -0.2) is 9.78 Å². The number of pyridine rings is 2. The molecule has 4 heterocycles. The lowest BCUT2D eigenvalue weighted by atomic mass is 10.1. The standard InChI is InChI=1S/C22H27N5O3/c28-21(19-15-17(7-9-23-19)26-11-3-1-4-12-26)25-30-22(29)20-16-18(8-10-24-20)27-13-5-2-6-14-27/h7-10,15-16H,1-6,11-14H2,(H,25,28). The maximum Gasteiger partial charge on any atom is 0.381 e. The fraction of sp³-hybridized carbons (Fsp3) is 0.455. The predicted octanol–water partition coefficient (Wildman–Crippen LogP) is 2.96. The smallest absolute Gasteiger partial charge is 0.371 e. The van der Waals surface area contributed by atoms with Gasteiger partial charge in [-0.15, -0.1) is 0 Å². The van der Waals surface area contributed by atoms with Crippen molar-refractivity contribution in [3.8, 4) is 0 Å². The highest BCUT2D eigenvalue weighted by Crippen LogP contribution is 2.21. The van der Waals surface area contributed by atoms with Gasteiger partial charge in [0, 0.05) is 49.9 Å². The molecule has 8 nitrogen and oxygen atoms in total. The van der Waals surface area contributed by atoms with E-state index < -0.39 is 11.9 Å². The Bertz CT molecular complexity index is 818. The average Bonchev–Trinajstić information content (AvgIpc) is 2.83. The van der Waals surface area contributed by atoms with Crippen molar-refractivity contribution in [3.05, 3.63) is 48.0 Å². The number of hydroxylamine groups is 1. The molecule has 2 aliphatic heterocycles. The summed E-state index contributed by atoms with van der Waals surface area (Å²) < 4.78 is 0. The molecule has 0 saturated carbocycles. The molecule has 0 atom stereocenters. The maximum atomic E-state index is 12.4. The average molecular weight is 409 g/mol. The predicted molar refractivity (Wildman–Crippen MR) is 113 cm³/mol. The molecular weight excluding hydrogens is 382 g/mol. The van der Waals surface area contributed by atoms with Crippen LogP contribution in [0.5, 0.6) is 0 Å². The molecule has 1 N–H and O–H groups in total. The van der Waals surface area contributed by atoms with Crippen LogP contribution >= 0.6 is 0 Å². The number of aromatic nitrogens is 2. The van der Waals surface area contributed by atoms with E-state index in [0.29, 0.717) is 0 Å². The van der Waals surface area contributed by atoms with E-state index in [9.17, 15) is 9.59 Å². The number of piperidine rings is 2. The molecule has 0 aromatic carbocycles. The molecule has 0 spiro atoms. The number of amides is 1. The summed E-state index contributed by atoms with van der Waals surface area (Å²) in [4.78, 5) is 42.5. The van der Waals surface area contributed by atoms with Gasteiger partial charge in [0.2, 0.25) is 0 Å². The van der Waals surface area contributed by atoms with Crippen LogP contribution in [-0.4, -0.2) is 48.0 Å². The number of anilines is 2. The Morgan fingerprint density at radius 3 is 1.83 bits per heavy atom. The van der Waals surface area contributed by atoms with Crippen LogP contribution in [0, 0.1) is 0 Å². The first-order valence-electron chi connectivity index (χ1n) is 10.6. The second-order valence-electron chi connectivity index (χ2n) is 7.71. The lowest BCUT2D eigenvalue weighted by molar-refractivity contribution is 0.0222. The van der Waals surface area contributed by atoms with E-state index in [4.69, 9.17) is 4.84 Å². The van der Waals surface area contributed by atoms with Crippen molar-refractivity contribution >= 4 is 23.3 Å². The van der Waals surface area contributed by atoms with Crippen LogP contribution < -0.4 is 15.3 Å². The molecule has 158 valence electrons. The van der Waals surface area contributed by atoms with Gasteiger partial charge in [0.05, 0.1) is 0 Å². The van der Waals surface area contributed by atoms with Gasteiger partial charge < -0.3 is 14.6 Å². The Kier molecular flexibility index (Phi) is 6.41. The zero-order valence-corrected chi connectivity index (χ0v) is 17.0. The van der Waals surface area contributed by atoms with Gasteiger partial charge in [0.1, 0.15) is 5.69 Å². The van der Waals surface area contributed by atoms with Crippen LogP contribution in [0.25, 0.3) is 0 Å². The first-order valence-corrected chi connectivity index (χ1v) is 10.6. The second kappa shape index (κ2) is 9.56. The third-order valence-corrected chi connectivity index (χ3v) is 5.61. The van der Waals surface area contributed by atoms with Crippen LogP contribution in [0.3, 0.4) is 0 Å². The first kappa shape index (κ1) is 20.1. The topological polar surface area (TPSA) is 87.7 Å². The highest BCUT2D eigenvalue weighted by molar-refractivity contribution is 5.95. The van der Waals surface area contributed by atoms with E-state index in [0.717, 1.165) is 63.2 Å². The van der Waals surface area contributed by atoms with Crippen molar-refractivity contribution in [2.45, 2.75) is 38.5 Å². The van der Waals surface area contributed by atoms with Gasteiger partial charge in [0.15, 0.2) is 5.69 Å². The van der Waals surface area contributed by atoms with Gasteiger partial charge in [-0.1, -0.05) is 0 Å². The number of nitrogens with one attached hydrogen (secondary N) is 1. The zero-order valence-electron chi connectivity index (χ0n) is 17.0. The fourth-order valence-corrected chi connectivity index (χ4v) is 3.97. The summed E-state index contributed by atoms with van der Waals surface area (Å²) in [5.41, 5.74) is 4.47. The number of hydrogen-bond acceptors (Lipinski definition) is 7. The van der Waals surface area contributed by atoms with E-state index in [1.807, 2.05) is 12.1 Å². The third kappa shape index (κ3) is 4.87. The van der Waals surface area contributed by atoms with Crippen LogP contribution in [-0.2, 0) is 4.84 Å². The summed E-state index contributed by atoms with van der Waals surface area (Å²) in [6, 6.07) is 7.21. The summed E-state index contributed by atoms with van der Waals surface area (Å²) in [5, 5.41) is 0. The van der Waals surface area contributed by atoms with Gasteiger partial charge in [0.25, 0.3) is 0 Å². The van der Waals surface area contributed by atoms with Gasteiger partial charge in [-0.2, -0.15) is 5.48 Å². The van der Waals surface area contributed by atoms with Crippen LogP contribution in [0.2, 0.25) is 0 Å². The van der Waals surface area contributed by atoms with Crippen molar-refractivity contribution in [1.29, 1.82) is 0 Å². The fourth-order valence-electron chi connectivity index (χ4n) is 3.97. The van der Waals surface area contributed by atoms with Crippen LogP contribution in [0.15, 0.2) is 36.7 Å². The van der Waals surface area contributed by atoms with Crippen LogP contribution in [0.1, 0.15) is 59.5 Å². The van der Waals surface area contributed by atoms with Crippen molar-refractivity contribution in [2.75, 3.05) is 36.0 Å². The van der Waals surface area contributed by atoms with E-state index in [1.54, 1.807) is 24.5 Å². The summed E-state index contributed by atoms with van der Waals surface area (Å²) in [6.07, 6.45) is 10.2. The molecule has 2 fully saturated rings. The first-order chi connectivity index (χ1) is 14.7. The Hall–Kier alpha value is -3.16. The van der Waals surface area contributed by atoms with Gasteiger partial charge in [-0.3, -0.25) is 9.78 Å². The number of rotatable bonds is 4. The van der Waals surface area contributed by atoms with E-state index in [2.05, 4.69) is 25.2 Å². The lowest BCUT2D eigenvalue weighted by Crippen LogP contribution is -2.31. The highest BCUT2D eigenvalue weighted by Gasteiger charge is 2.18. The normalized spacial score (nSPS) is 16.8. The molecule has 1 amide bonds. The zero-order chi connectivity index (χ0) is 20.8. The SMILES string of the molecule is O=C(NOC(=O)c1cc(N2CCCCC2)ccn1)c1cc(N2CCCCC2)ccn1. The number of nitrogens with zero attached hydrogens (tertiary/aromatic N) is 4. The molecule has 2 aliphatic rings. The Morgan fingerprint density at radius 1 is 0.767 bits per heavy atom. The summed E-state index contributed by atoms with van der Waals surface area (Å²) >= 11 is 0. The molecule has 0 bridgehead atoms. The molecule has 30 heavy (non-hydrogen) atoms. The van der Waals surface area contributed by atoms with Gasteiger partial charge >= 0.3 is 11.9 Å². The largest absolute Gasteiger partial charge is 0.381 e. The molecule has 0 unspecified atom stereocenters. The summed E-state index contributed by atoms with van der Waals surface area (Å²) in [5.74, 6) is -1.26. The number of carbonyl (C=O) groups excluding carboxylic acids is 2. The monoisotopic (exact) mass is 409 g/mol. The summed E-state index contributed by atoms with van der Waals surface area (Å²) in [6.45, 7) is 3.88. The van der Waals surface area contributed by atoms with E-state index in [-0.39, 0.29) is 11.4 Å². The van der Waals surface area contributed by atoms with E-state index in [1.165, 1.54) is 12.8 Å². The molecule has 2 saturated heterocycles. The van der Waals surface area contributed by atoms with Crippen molar-refractivity contribution in [3.63, 3.8) is 0 Å². The lowest BCUT2D eigenvalue weighted by Gasteiger charge is -2.28. The van der Waals surface area contributed by atoms with Gasteiger partial charge in [-0.05, 0) is 62.8 Å². The Balaban J connectivity index is 1.36. The van der Waals surface area contributed by atoms with Crippen LogP contribution in [0.4, 0.5) is 11.4 Å². The highest BCUT2D eigenvalue weighted by atomic mass is 16.7. The number of carbonyl (C=O) groups is 2. The molecule has 0 radical (unpaired) electrons. The molecule has 8 heteroatoms. The minimum Gasteiger partial charge on any atom is -0.371 e.